The minimum atomic E-state index is -3.03. The van der Waals surface area contributed by atoms with E-state index in [9.17, 15) is 8.42 Å². The fourth-order valence-corrected chi connectivity index (χ4v) is 6.13. The maximum Gasteiger partial charge on any atom is 0.164 e. The largest absolute Gasteiger partial charge is 0.486 e. The van der Waals surface area contributed by atoms with Gasteiger partial charge >= 0.3 is 0 Å². The zero-order valence-corrected chi connectivity index (χ0v) is 15.3. The number of anilines is 1. The van der Waals surface area contributed by atoms with Gasteiger partial charge in [0.1, 0.15) is 13.2 Å². The number of benzene rings is 1. The summed E-state index contributed by atoms with van der Waals surface area (Å²) in [5.74, 6) is 1.73. The number of aliphatic imine (C=N–C) groups is 1. The highest BCUT2D eigenvalue weighted by Crippen LogP contribution is 2.40. The topological polar surface area (TPSA) is 68.2 Å². The average Bonchev–Trinajstić information content (AvgIpc) is 2.97. The van der Waals surface area contributed by atoms with Gasteiger partial charge in [0, 0.05) is 17.0 Å². The van der Waals surface area contributed by atoms with Crippen LogP contribution in [0.4, 0.5) is 5.69 Å². The first kappa shape index (κ1) is 16.1. The number of ether oxygens (including phenoxy) is 2. The molecule has 3 aliphatic heterocycles. The molecular weight excluding hydrogens is 348 g/mol. The molecule has 1 aromatic rings. The number of sulfone groups is 1. The van der Waals surface area contributed by atoms with Crippen LogP contribution in [0.15, 0.2) is 23.2 Å². The van der Waals surface area contributed by atoms with E-state index < -0.39 is 9.84 Å². The number of hydrogen-bond donors (Lipinski definition) is 0. The molecule has 3 aliphatic rings. The number of fused-ring (bicyclic) bond motifs is 2. The summed E-state index contributed by atoms with van der Waals surface area (Å²) in [7, 11) is -3.03. The zero-order valence-electron chi connectivity index (χ0n) is 13.6. The van der Waals surface area contributed by atoms with E-state index in [0.717, 1.165) is 16.6 Å². The molecule has 0 N–H and O–H groups in total. The van der Waals surface area contributed by atoms with Gasteiger partial charge in [0.25, 0.3) is 0 Å². The van der Waals surface area contributed by atoms with Crippen molar-refractivity contribution in [3.8, 4) is 11.5 Å². The molecule has 0 radical (unpaired) electrons. The summed E-state index contributed by atoms with van der Waals surface area (Å²) in [6, 6.07) is 5.47. The quantitative estimate of drug-likeness (QED) is 0.795. The number of hydrogen-bond acceptors (Lipinski definition) is 7. The van der Waals surface area contributed by atoms with Crippen molar-refractivity contribution in [1.82, 2.24) is 0 Å². The number of thioether (sulfide) groups is 1. The van der Waals surface area contributed by atoms with E-state index in [1.165, 1.54) is 0 Å². The van der Waals surface area contributed by atoms with Crippen LogP contribution in [-0.4, -0.2) is 55.6 Å². The van der Waals surface area contributed by atoms with Crippen LogP contribution in [-0.2, 0) is 9.84 Å². The van der Waals surface area contributed by atoms with Crippen LogP contribution in [0, 0.1) is 0 Å². The number of nitrogens with zero attached hydrogens (tertiary/aromatic N) is 2. The minimum Gasteiger partial charge on any atom is -0.486 e. The zero-order chi connectivity index (χ0) is 16.9. The molecule has 24 heavy (non-hydrogen) atoms. The second-order valence-electron chi connectivity index (χ2n) is 6.49. The second-order valence-corrected chi connectivity index (χ2v) is 10.2. The van der Waals surface area contributed by atoms with Gasteiger partial charge < -0.3 is 14.4 Å². The third-order valence-corrected chi connectivity index (χ3v) is 6.94. The molecule has 2 atom stereocenters. The minimum absolute atomic E-state index is 0.126. The van der Waals surface area contributed by atoms with E-state index in [0.29, 0.717) is 24.2 Å². The van der Waals surface area contributed by atoms with Crippen molar-refractivity contribution in [3.63, 3.8) is 0 Å². The summed E-state index contributed by atoms with van der Waals surface area (Å²) >= 11 is 1.67. The van der Waals surface area contributed by atoms with Crippen molar-refractivity contribution in [2.75, 3.05) is 29.6 Å². The molecule has 4 rings (SSSR count). The maximum absolute atomic E-state index is 12.0. The van der Waals surface area contributed by atoms with E-state index in [2.05, 4.69) is 18.7 Å². The van der Waals surface area contributed by atoms with E-state index in [1.54, 1.807) is 11.8 Å². The normalized spacial score (nSPS) is 27.3. The third kappa shape index (κ3) is 2.86. The Hall–Kier alpha value is -1.41. The molecule has 0 amide bonds. The van der Waals surface area contributed by atoms with E-state index in [4.69, 9.17) is 14.5 Å². The molecule has 6 nitrogen and oxygen atoms in total. The van der Waals surface area contributed by atoms with Crippen LogP contribution in [0.25, 0.3) is 0 Å². The summed E-state index contributed by atoms with van der Waals surface area (Å²) in [6.07, 6.45) is 0. The lowest BCUT2D eigenvalue weighted by Crippen LogP contribution is -2.39. The lowest BCUT2D eigenvalue weighted by atomic mass is 10.1. The summed E-state index contributed by atoms with van der Waals surface area (Å²) in [5, 5.41) is 1.27. The van der Waals surface area contributed by atoms with Crippen LogP contribution in [0.5, 0.6) is 11.5 Å². The van der Waals surface area contributed by atoms with Crippen molar-refractivity contribution >= 4 is 32.5 Å². The SMILES string of the molecule is CC(C)SC1=N[C@H]2CS(=O)(=O)C[C@@H]2N1c1ccc2c(c1)OCCO2. The Bertz CT molecular complexity index is 791. The first-order valence-electron chi connectivity index (χ1n) is 8.07. The Morgan fingerprint density at radius 3 is 2.71 bits per heavy atom. The summed E-state index contributed by atoms with van der Waals surface area (Å²) in [4.78, 5) is 6.78. The highest BCUT2D eigenvalue weighted by molar-refractivity contribution is 8.14. The Morgan fingerprint density at radius 1 is 1.21 bits per heavy atom. The molecule has 1 saturated heterocycles. The molecule has 0 aliphatic carbocycles. The maximum atomic E-state index is 12.0. The molecule has 0 saturated carbocycles. The van der Waals surface area contributed by atoms with Crippen molar-refractivity contribution in [3.05, 3.63) is 18.2 Å². The lowest BCUT2D eigenvalue weighted by Gasteiger charge is -2.28. The highest BCUT2D eigenvalue weighted by atomic mass is 32.2. The molecule has 3 heterocycles. The van der Waals surface area contributed by atoms with Crippen molar-refractivity contribution in [2.45, 2.75) is 31.2 Å². The molecule has 8 heteroatoms. The summed E-state index contributed by atoms with van der Waals surface area (Å²) < 4.78 is 35.3. The van der Waals surface area contributed by atoms with Gasteiger partial charge in [0.15, 0.2) is 26.5 Å². The van der Waals surface area contributed by atoms with E-state index in [1.807, 2.05) is 18.2 Å². The van der Waals surface area contributed by atoms with Gasteiger partial charge in [0.2, 0.25) is 0 Å². The van der Waals surface area contributed by atoms with Crippen LogP contribution in [0.2, 0.25) is 0 Å². The Balaban J connectivity index is 1.72. The molecule has 130 valence electrons. The van der Waals surface area contributed by atoms with E-state index >= 15 is 0 Å². The van der Waals surface area contributed by atoms with Crippen LogP contribution < -0.4 is 14.4 Å². The average molecular weight is 368 g/mol. The van der Waals surface area contributed by atoms with Crippen molar-refractivity contribution in [2.24, 2.45) is 4.99 Å². The molecule has 0 aromatic heterocycles. The van der Waals surface area contributed by atoms with Crippen molar-refractivity contribution in [1.29, 1.82) is 0 Å². The first-order chi connectivity index (χ1) is 11.4. The van der Waals surface area contributed by atoms with Gasteiger partial charge in [-0.15, -0.1) is 0 Å². The van der Waals surface area contributed by atoms with Gasteiger partial charge in [-0.25, -0.2) is 8.42 Å². The number of rotatable bonds is 2. The fourth-order valence-electron chi connectivity index (χ4n) is 3.31. The Kier molecular flexibility index (Phi) is 3.91. The molecule has 0 spiro atoms. The fraction of sp³-hybridized carbons (Fsp3) is 0.562. The standard InChI is InChI=1S/C16H20N2O4S2/c1-10(2)23-16-17-12-8-24(19,20)9-13(12)18(16)11-3-4-14-15(7-11)22-6-5-21-14/h3-4,7,10,12-13H,5-6,8-9H2,1-2H3/t12-,13-/m0/s1. The predicted octanol–water partition coefficient (Wildman–Crippen LogP) is 1.94. The van der Waals surface area contributed by atoms with Gasteiger partial charge in [-0.1, -0.05) is 25.6 Å². The van der Waals surface area contributed by atoms with Gasteiger partial charge in [0.05, 0.1) is 23.6 Å². The smallest absolute Gasteiger partial charge is 0.164 e. The molecule has 0 unspecified atom stereocenters. The first-order valence-corrected chi connectivity index (χ1v) is 10.8. The third-order valence-electron chi connectivity index (χ3n) is 4.25. The lowest BCUT2D eigenvalue weighted by molar-refractivity contribution is 0.171. The van der Waals surface area contributed by atoms with Gasteiger partial charge in [-0.05, 0) is 12.1 Å². The van der Waals surface area contributed by atoms with Gasteiger partial charge in [-0.2, -0.15) is 0 Å². The molecule has 1 fully saturated rings. The highest BCUT2D eigenvalue weighted by Gasteiger charge is 2.47. The Labute approximate surface area is 146 Å². The monoisotopic (exact) mass is 368 g/mol. The van der Waals surface area contributed by atoms with Gasteiger partial charge in [-0.3, -0.25) is 4.99 Å². The summed E-state index contributed by atoms with van der Waals surface area (Å²) in [5.41, 5.74) is 0.913. The van der Waals surface area contributed by atoms with Crippen LogP contribution in [0.3, 0.4) is 0 Å². The number of amidine groups is 1. The van der Waals surface area contributed by atoms with Crippen LogP contribution >= 0.6 is 11.8 Å². The summed E-state index contributed by atoms with van der Waals surface area (Å²) in [6.45, 7) is 5.30. The van der Waals surface area contributed by atoms with Crippen LogP contribution in [0.1, 0.15) is 13.8 Å². The Morgan fingerprint density at radius 2 is 1.96 bits per heavy atom. The second kappa shape index (κ2) is 5.84. The molecule has 0 bridgehead atoms. The molecule has 1 aromatic carbocycles. The molecular formula is C16H20N2O4S2. The van der Waals surface area contributed by atoms with E-state index in [-0.39, 0.29) is 23.6 Å². The predicted molar refractivity (Wildman–Crippen MR) is 96.3 cm³/mol. The van der Waals surface area contributed by atoms with Crippen molar-refractivity contribution < 1.29 is 17.9 Å².